The fourth-order valence-corrected chi connectivity index (χ4v) is 6.46. The topological polar surface area (TPSA) is 46.2 Å². The van der Waals surface area contributed by atoms with Crippen LogP contribution in [0.2, 0.25) is 0 Å². The molecular formula is C29H54O5. The molecule has 200 valence electrons. The van der Waals surface area contributed by atoms with Crippen molar-refractivity contribution < 1.29 is 23.7 Å². The lowest BCUT2D eigenvalue weighted by atomic mass is 9.78. The van der Waals surface area contributed by atoms with Gasteiger partial charge in [0.25, 0.3) is 0 Å². The van der Waals surface area contributed by atoms with E-state index >= 15 is 0 Å². The minimum atomic E-state index is -0.238. The van der Waals surface area contributed by atoms with E-state index in [0.29, 0.717) is 35.5 Å². The van der Waals surface area contributed by atoms with Crippen molar-refractivity contribution >= 4 is 0 Å². The molecule has 3 aliphatic heterocycles. The lowest BCUT2D eigenvalue weighted by Gasteiger charge is -2.51. The van der Waals surface area contributed by atoms with Crippen LogP contribution >= 0.6 is 0 Å². The van der Waals surface area contributed by atoms with E-state index in [2.05, 4.69) is 76.2 Å². The van der Waals surface area contributed by atoms with Crippen LogP contribution in [0.5, 0.6) is 0 Å². The maximum absolute atomic E-state index is 6.79. The van der Waals surface area contributed by atoms with Gasteiger partial charge in [-0.15, -0.1) is 0 Å². The predicted octanol–water partition coefficient (Wildman–Crippen LogP) is 6.68. The summed E-state index contributed by atoms with van der Waals surface area (Å²) in [6.45, 7) is 24.9. The molecule has 0 aromatic rings. The Hall–Kier alpha value is -0.200. The molecule has 0 amide bonds. The molecule has 3 fully saturated rings. The summed E-state index contributed by atoms with van der Waals surface area (Å²) in [6.07, 6.45) is 3.16. The third-order valence-corrected chi connectivity index (χ3v) is 10.1. The standard InChI is InChI=1S/C29H54O5/c1-12-23-17(6)15(4)20(9)28(31-23)34-27-19(8)21(10)29(32-25(27)14-3)33-26-18(7)16(5)22(11)30-24(26)13-2/h15-29H,12-14H2,1-11H3/t15?,16?,17-,18+,19?,20?,21?,22-,23+,24?,25+,26+,27-,28+,29+/m0/s1. The first-order chi connectivity index (χ1) is 16.0. The van der Waals surface area contributed by atoms with Crippen molar-refractivity contribution in [3.05, 3.63) is 0 Å². The number of rotatable bonds is 7. The normalized spacial score (nSPS) is 52.5. The smallest absolute Gasteiger partial charge is 0.161 e. The monoisotopic (exact) mass is 482 g/mol. The molecular weight excluding hydrogens is 428 g/mol. The van der Waals surface area contributed by atoms with Crippen LogP contribution in [0.15, 0.2) is 0 Å². The molecule has 3 saturated heterocycles. The van der Waals surface area contributed by atoms with Gasteiger partial charge in [-0.2, -0.15) is 0 Å². The van der Waals surface area contributed by atoms with Crippen molar-refractivity contribution in [2.45, 2.75) is 145 Å². The summed E-state index contributed by atoms with van der Waals surface area (Å²) in [4.78, 5) is 0. The van der Waals surface area contributed by atoms with Gasteiger partial charge in [0.2, 0.25) is 0 Å². The zero-order chi connectivity index (χ0) is 25.3. The second kappa shape index (κ2) is 11.9. The number of hydrogen-bond donors (Lipinski definition) is 0. The Balaban J connectivity index is 1.72. The molecule has 0 aliphatic carbocycles. The third kappa shape index (κ3) is 5.54. The molecule has 15 atom stereocenters. The van der Waals surface area contributed by atoms with Gasteiger partial charge in [0.15, 0.2) is 12.6 Å². The Kier molecular flexibility index (Phi) is 9.93. The average molecular weight is 483 g/mol. The molecule has 3 heterocycles. The summed E-state index contributed by atoms with van der Waals surface area (Å²) in [5.41, 5.74) is 0. The van der Waals surface area contributed by atoms with Crippen molar-refractivity contribution in [3.63, 3.8) is 0 Å². The van der Waals surface area contributed by atoms with Gasteiger partial charge in [0.05, 0.1) is 36.6 Å². The predicted molar refractivity (Wildman–Crippen MR) is 136 cm³/mol. The molecule has 34 heavy (non-hydrogen) atoms. The quantitative estimate of drug-likeness (QED) is 0.405. The molecule has 6 unspecified atom stereocenters. The maximum Gasteiger partial charge on any atom is 0.161 e. The summed E-state index contributed by atoms with van der Waals surface area (Å²) >= 11 is 0. The number of ether oxygens (including phenoxy) is 5. The highest BCUT2D eigenvalue weighted by Gasteiger charge is 2.48. The van der Waals surface area contributed by atoms with Crippen molar-refractivity contribution in [1.82, 2.24) is 0 Å². The van der Waals surface area contributed by atoms with E-state index in [0.717, 1.165) is 19.3 Å². The van der Waals surface area contributed by atoms with Crippen LogP contribution in [0.25, 0.3) is 0 Å². The minimum absolute atomic E-state index is 0.00188. The second-order valence-electron chi connectivity index (χ2n) is 11.9. The van der Waals surface area contributed by atoms with Crippen LogP contribution in [0, 0.1) is 41.4 Å². The first-order valence-corrected chi connectivity index (χ1v) is 14.3. The summed E-state index contributed by atoms with van der Waals surface area (Å²) in [5, 5.41) is 0. The molecule has 0 saturated carbocycles. The molecule has 5 nitrogen and oxygen atoms in total. The Labute approximate surface area is 210 Å². The van der Waals surface area contributed by atoms with Crippen LogP contribution in [0.1, 0.15) is 95.4 Å². The largest absolute Gasteiger partial charge is 0.372 e. The van der Waals surface area contributed by atoms with E-state index in [9.17, 15) is 0 Å². The van der Waals surface area contributed by atoms with Gasteiger partial charge >= 0.3 is 0 Å². The number of hydrogen-bond acceptors (Lipinski definition) is 5. The van der Waals surface area contributed by atoms with Gasteiger partial charge in [-0.25, -0.2) is 0 Å². The Morgan fingerprint density at radius 3 is 1.35 bits per heavy atom. The van der Waals surface area contributed by atoms with Gasteiger partial charge in [-0.1, -0.05) is 69.2 Å². The van der Waals surface area contributed by atoms with Crippen molar-refractivity contribution in [2.75, 3.05) is 0 Å². The minimum Gasteiger partial charge on any atom is -0.372 e. The zero-order valence-electron chi connectivity index (χ0n) is 23.8. The van der Waals surface area contributed by atoms with Gasteiger partial charge in [0.1, 0.15) is 0 Å². The molecule has 0 bridgehead atoms. The van der Waals surface area contributed by atoms with Crippen molar-refractivity contribution in [1.29, 1.82) is 0 Å². The fourth-order valence-electron chi connectivity index (χ4n) is 6.46. The average Bonchev–Trinajstić information content (AvgIpc) is 2.83. The highest BCUT2D eigenvalue weighted by molar-refractivity contribution is 4.92. The highest BCUT2D eigenvalue weighted by Crippen LogP contribution is 2.42. The summed E-state index contributed by atoms with van der Waals surface area (Å²) < 4.78 is 33.1. The van der Waals surface area contributed by atoms with Gasteiger partial charge < -0.3 is 23.7 Å². The van der Waals surface area contributed by atoms with E-state index in [1.807, 2.05) is 0 Å². The van der Waals surface area contributed by atoms with Crippen LogP contribution in [-0.4, -0.2) is 49.2 Å². The Morgan fingerprint density at radius 1 is 0.441 bits per heavy atom. The summed E-state index contributed by atoms with van der Waals surface area (Å²) in [6, 6.07) is 0. The molecule has 3 aliphatic rings. The SMILES string of the molecule is CCC1O[C@@H](C)C(C)[C@@H](C)[C@H]1O[C@H]1O[C@H](CC)[C@@H](O[C@H]2O[C@H](CC)[C@@H](C)C(C)C2C)C(C)C1C. The zero-order valence-corrected chi connectivity index (χ0v) is 23.8. The van der Waals surface area contributed by atoms with Crippen molar-refractivity contribution in [3.8, 4) is 0 Å². The fraction of sp³-hybridized carbons (Fsp3) is 1.00. The van der Waals surface area contributed by atoms with E-state index < -0.39 is 0 Å². The second-order valence-corrected chi connectivity index (χ2v) is 11.9. The van der Waals surface area contributed by atoms with Gasteiger partial charge in [0, 0.05) is 11.8 Å². The molecule has 0 aromatic heterocycles. The van der Waals surface area contributed by atoms with Crippen molar-refractivity contribution in [2.24, 2.45) is 41.4 Å². The van der Waals surface area contributed by atoms with Gasteiger partial charge in [-0.05, 0) is 55.8 Å². The Morgan fingerprint density at radius 2 is 0.853 bits per heavy atom. The van der Waals surface area contributed by atoms with Gasteiger partial charge in [-0.3, -0.25) is 0 Å². The Bertz CT molecular complexity index is 622. The third-order valence-electron chi connectivity index (χ3n) is 10.1. The highest BCUT2D eigenvalue weighted by atomic mass is 16.7. The van der Waals surface area contributed by atoms with Crippen LogP contribution in [-0.2, 0) is 23.7 Å². The molecule has 0 aromatic carbocycles. The molecule has 0 radical (unpaired) electrons. The summed E-state index contributed by atoms with van der Waals surface area (Å²) in [7, 11) is 0. The van der Waals surface area contributed by atoms with E-state index in [4.69, 9.17) is 23.7 Å². The first kappa shape index (κ1) is 28.4. The molecule has 5 heteroatoms. The van der Waals surface area contributed by atoms with E-state index in [-0.39, 0.29) is 55.1 Å². The summed E-state index contributed by atoms with van der Waals surface area (Å²) in [5.74, 6) is 2.91. The molecule has 0 N–H and O–H groups in total. The van der Waals surface area contributed by atoms with Crippen LogP contribution < -0.4 is 0 Å². The lowest BCUT2D eigenvalue weighted by Crippen LogP contribution is -2.57. The van der Waals surface area contributed by atoms with E-state index in [1.54, 1.807) is 0 Å². The first-order valence-electron chi connectivity index (χ1n) is 14.3. The molecule has 3 rings (SSSR count). The van der Waals surface area contributed by atoms with Crippen LogP contribution in [0.4, 0.5) is 0 Å². The maximum atomic E-state index is 6.79. The lowest BCUT2D eigenvalue weighted by molar-refractivity contribution is -0.339. The van der Waals surface area contributed by atoms with E-state index in [1.165, 1.54) is 0 Å². The van der Waals surface area contributed by atoms with Crippen LogP contribution in [0.3, 0.4) is 0 Å². The molecule has 0 spiro atoms.